The fourth-order valence-electron chi connectivity index (χ4n) is 2.62. The Labute approximate surface area is 166 Å². The van der Waals surface area contributed by atoms with E-state index in [-0.39, 0.29) is 6.10 Å². The molecule has 7 heteroatoms. The summed E-state index contributed by atoms with van der Waals surface area (Å²) in [6, 6.07) is 9.82. The van der Waals surface area contributed by atoms with E-state index in [1.807, 2.05) is 44.2 Å². The predicted molar refractivity (Wildman–Crippen MR) is 112 cm³/mol. The summed E-state index contributed by atoms with van der Waals surface area (Å²) in [5.74, 6) is 2.40. The van der Waals surface area contributed by atoms with E-state index in [9.17, 15) is 0 Å². The van der Waals surface area contributed by atoms with Crippen molar-refractivity contribution in [2.45, 2.75) is 45.8 Å². The molecule has 2 aromatic rings. The van der Waals surface area contributed by atoms with Crippen LogP contribution in [0.25, 0.3) is 0 Å². The zero-order valence-electron chi connectivity index (χ0n) is 16.8. The molecule has 0 amide bonds. The normalized spacial score (nSPS) is 14.3. The van der Waals surface area contributed by atoms with Gasteiger partial charge < -0.3 is 20.1 Å². The van der Waals surface area contributed by atoms with Gasteiger partial charge >= 0.3 is 0 Å². The van der Waals surface area contributed by atoms with E-state index in [0.717, 1.165) is 55.2 Å². The molecule has 0 bridgehead atoms. The Kier molecular flexibility index (Phi) is 7.72. The molecule has 0 spiro atoms. The Hall–Kier alpha value is -2.54. The zero-order valence-corrected chi connectivity index (χ0v) is 16.8. The van der Waals surface area contributed by atoms with E-state index in [2.05, 4.69) is 25.8 Å². The maximum atomic E-state index is 5.70. The van der Waals surface area contributed by atoms with Gasteiger partial charge in [-0.25, -0.2) is 4.99 Å². The van der Waals surface area contributed by atoms with Crippen molar-refractivity contribution in [3.8, 4) is 5.75 Å². The highest BCUT2D eigenvalue weighted by Crippen LogP contribution is 2.28. The van der Waals surface area contributed by atoms with Gasteiger partial charge in [-0.15, -0.1) is 0 Å². The van der Waals surface area contributed by atoms with Gasteiger partial charge in [-0.3, -0.25) is 5.10 Å². The molecule has 3 N–H and O–H groups in total. The van der Waals surface area contributed by atoms with E-state index < -0.39 is 0 Å². The van der Waals surface area contributed by atoms with Gasteiger partial charge in [0.1, 0.15) is 5.75 Å². The lowest BCUT2D eigenvalue weighted by molar-refractivity contribution is 0.123. The molecular formula is C21H31N5O2. The molecule has 28 heavy (non-hydrogen) atoms. The Bertz CT molecular complexity index is 709. The summed E-state index contributed by atoms with van der Waals surface area (Å²) in [4.78, 5) is 4.64. The quantitative estimate of drug-likeness (QED) is 0.313. The van der Waals surface area contributed by atoms with E-state index in [1.165, 1.54) is 12.8 Å². The molecule has 0 radical (unpaired) electrons. The van der Waals surface area contributed by atoms with Crippen LogP contribution in [0.4, 0.5) is 5.69 Å². The van der Waals surface area contributed by atoms with E-state index in [4.69, 9.17) is 9.47 Å². The highest BCUT2D eigenvalue weighted by Gasteiger charge is 2.20. The van der Waals surface area contributed by atoms with Gasteiger partial charge in [0.05, 0.1) is 18.3 Å². The topological polar surface area (TPSA) is 83.6 Å². The molecule has 0 atom stereocenters. The number of H-pyrrole nitrogens is 1. The zero-order chi connectivity index (χ0) is 19.6. The molecular weight excluding hydrogens is 354 g/mol. The van der Waals surface area contributed by atoms with E-state index >= 15 is 0 Å². The summed E-state index contributed by atoms with van der Waals surface area (Å²) in [5.41, 5.74) is 1.92. The third-order valence-electron chi connectivity index (χ3n) is 4.26. The minimum Gasteiger partial charge on any atom is -0.491 e. The molecule has 3 rings (SSSR count). The molecule has 1 saturated carbocycles. The Balaban J connectivity index is 1.49. The molecule has 1 aromatic carbocycles. The van der Waals surface area contributed by atoms with Gasteiger partial charge in [-0.2, -0.15) is 5.10 Å². The van der Waals surface area contributed by atoms with Crippen molar-refractivity contribution in [3.05, 3.63) is 42.2 Å². The van der Waals surface area contributed by atoms with Crippen molar-refractivity contribution < 1.29 is 9.47 Å². The van der Waals surface area contributed by atoms with E-state index in [1.54, 1.807) is 6.20 Å². The Morgan fingerprint density at radius 1 is 1.25 bits per heavy atom. The van der Waals surface area contributed by atoms with Crippen LogP contribution < -0.4 is 15.4 Å². The first-order valence-electron chi connectivity index (χ1n) is 10.1. The number of anilines is 1. The summed E-state index contributed by atoms with van der Waals surface area (Å²) >= 11 is 0. The summed E-state index contributed by atoms with van der Waals surface area (Å²) in [6.45, 7) is 7.05. The second-order valence-corrected chi connectivity index (χ2v) is 7.36. The number of hydrogen-bond acceptors (Lipinski definition) is 4. The third kappa shape index (κ3) is 7.60. The maximum Gasteiger partial charge on any atom is 0.196 e. The van der Waals surface area contributed by atoms with Crippen LogP contribution in [0.2, 0.25) is 0 Å². The van der Waals surface area contributed by atoms with Crippen LogP contribution in [0.1, 0.15) is 38.8 Å². The molecule has 1 aromatic heterocycles. The summed E-state index contributed by atoms with van der Waals surface area (Å²) < 4.78 is 11.4. The van der Waals surface area contributed by atoms with Gasteiger partial charge in [-0.1, -0.05) is 0 Å². The Morgan fingerprint density at radius 3 is 2.75 bits per heavy atom. The van der Waals surface area contributed by atoms with Crippen molar-refractivity contribution >= 4 is 11.6 Å². The molecule has 0 saturated heterocycles. The molecule has 1 aliphatic rings. The number of ether oxygens (including phenoxy) is 2. The number of aliphatic imine (C=N–C) groups is 1. The van der Waals surface area contributed by atoms with Crippen LogP contribution in [0.3, 0.4) is 0 Å². The van der Waals surface area contributed by atoms with Gasteiger partial charge in [0.15, 0.2) is 5.96 Å². The number of guanidine groups is 1. The summed E-state index contributed by atoms with van der Waals surface area (Å²) in [5, 5.41) is 13.6. The fourth-order valence-corrected chi connectivity index (χ4v) is 2.62. The molecule has 152 valence electrons. The van der Waals surface area contributed by atoms with Crippen molar-refractivity contribution in [1.29, 1.82) is 0 Å². The van der Waals surface area contributed by atoms with Crippen LogP contribution in [0.5, 0.6) is 5.75 Å². The smallest absolute Gasteiger partial charge is 0.196 e. The lowest BCUT2D eigenvalue weighted by Gasteiger charge is -2.14. The van der Waals surface area contributed by atoms with Crippen LogP contribution in [0, 0.1) is 5.92 Å². The third-order valence-corrected chi connectivity index (χ3v) is 4.26. The van der Waals surface area contributed by atoms with Crippen molar-refractivity contribution in [2.75, 3.05) is 25.1 Å². The molecule has 0 aliphatic heterocycles. The highest BCUT2D eigenvalue weighted by atomic mass is 16.5. The Morgan fingerprint density at radius 2 is 2.07 bits per heavy atom. The standard InChI is InChI=1S/C21H31N5O2/c1-16(2)28-20-8-6-18(7-9-20)25-21(23-14-19-10-12-24-26-19)22-11-3-13-27-15-17-4-5-17/h6-10,12,16-17H,3-5,11,13-15H2,1-2H3,(H,24,26)(H2,22,23,25). The molecule has 1 aliphatic carbocycles. The second kappa shape index (κ2) is 10.7. The predicted octanol–water partition coefficient (Wildman–Crippen LogP) is 3.57. The molecule has 1 fully saturated rings. The monoisotopic (exact) mass is 385 g/mol. The number of nitrogens with one attached hydrogen (secondary N) is 3. The number of benzene rings is 1. The average Bonchev–Trinajstić information content (AvgIpc) is 3.35. The first-order chi connectivity index (χ1) is 13.7. The van der Waals surface area contributed by atoms with Gasteiger partial charge in [0.25, 0.3) is 0 Å². The molecule has 1 heterocycles. The van der Waals surface area contributed by atoms with Gasteiger partial charge in [0, 0.05) is 31.6 Å². The number of nitrogens with zero attached hydrogens (tertiary/aromatic N) is 2. The van der Waals surface area contributed by atoms with Crippen molar-refractivity contribution in [1.82, 2.24) is 15.5 Å². The van der Waals surface area contributed by atoms with Crippen molar-refractivity contribution in [3.63, 3.8) is 0 Å². The number of aromatic amines is 1. The van der Waals surface area contributed by atoms with Crippen LogP contribution in [-0.2, 0) is 11.3 Å². The van der Waals surface area contributed by atoms with Crippen LogP contribution in [-0.4, -0.2) is 42.0 Å². The molecule has 0 unspecified atom stereocenters. The number of rotatable bonds is 11. The average molecular weight is 386 g/mol. The lowest BCUT2D eigenvalue weighted by atomic mass is 10.3. The summed E-state index contributed by atoms with van der Waals surface area (Å²) in [6.07, 6.45) is 5.49. The highest BCUT2D eigenvalue weighted by molar-refractivity contribution is 5.93. The molecule has 7 nitrogen and oxygen atoms in total. The van der Waals surface area contributed by atoms with Gasteiger partial charge in [-0.05, 0) is 69.4 Å². The number of hydrogen-bond donors (Lipinski definition) is 3. The van der Waals surface area contributed by atoms with Gasteiger partial charge in [0.2, 0.25) is 0 Å². The maximum absolute atomic E-state index is 5.70. The first-order valence-corrected chi connectivity index (χ1v) is 10.1. The second-order valence-electron chi connectivity index (χ2n) is 7.36. The SMILES string of the molecule is CC(C)Oc1ccc(NC(=NCc2ccn[nH]2)NCCCOCC2CC2)cc1. The number of aromatic nitrogens is 2. The summed E-state index contributed by atoms with van der Waals surface area (Å²) in [7, 11) is 0. The lowest BCUT2D eigenvalue weighted by Crippen LogP contribution is -2.32. The largest absolute Gasteiger partial charge is 0.491 e. The minimum absolute atomic E-state index is 0.161. The minimum atomic E-state index is 0.161. The first kappa shape index (κ1) is 20.2. The van der Waals surface area contributed by atoms with Crippen LogP contribution in [0.15, 0.2) is 41.5 Å². The van der Waals surface area contributed by atoms with Crippen molar-refractivity contribution in [2.24, 2.45) is 10.9 Å². The van der Waals surface area contributed by atoms with E-state index in [0.29, 0.717) is 6.54 Å². The fraction of sp³-hybridized carbons (Fsp3) is 0.524. The van der Waals surface area contributed by atoms with Crippen LogP contribution >= 0.6 is 0 Å².